The summed E-state index contributed by atoms with van der Waals surface area (Å²) in [6.45, 7) is 1.52. The molecular formula is C10H14N4O4S2. The van der Waals surface area contributed by atoms with Gasteiger partial charge in [0.15, 0.2) is 15.8 Å². The number of nitrogens with two attached hydrogens (primary N) is 1. The highest BCUT2D eigenvalue weighted by Gasteiger charge is 2.26. The molecule has 1 aliphatic rings. The van der Waals surface area contributed by atoms with Gasteiger partial charge >= 0.3 is 0 Å². The zero-order valence-electron chi connectivity index (χ0n) is 10.5. The Morgan fingerprint density at radius 1 is 1.55 bits per heavy atom. The van der Waals surface area contributed by atoms with Gasteiger partial charge in [-0.3, -0.25) is 4.40 Å². The standard InChI is InChI=1S/C10H14N4O4S2/c11-8-9(14-1-4-19-10(14)13-8)20(15,16)12-5-7-6-17-2-3-18-7/h1,4,7,12H,2-3,5-6,11H2. The van der Waals surface area contributed by atoms with Gasteiger partial charge in [0, 0.05) is 18.1 Å². The third kappa shape index (κ3) is 2.52. The number of ether oxygens (including phenoxy) is 2. The van der Waals surface area contributed by atoms with Crippen molar-refractivity contribution in [2.45, 2.75) is 11.1 Å². The van der Waals surface area contributed by atoms with Gasteiger partial charge in [0.25, 0.3) is 10.0 Å². The van der Waals surface area contributed by atoms with Gasteiger partial charge in [-0.05, 0) is 0 Å². The lowest BCUT2D eigenvalue weighted by atomic mass is 10.3. The lowest BCUT2D eigenvalue weighted by Gasteiger charge is -2.22. The number of nitrogens with zero attached hydrogens (tertiary/aromatic N) is 2. The van der Waals surface area contributed by atoms with Crippen molar-refractivity contribution in [2.75, 3.05) is 32.1 Å². The van der Waals surface area contributed by atoms with E-state index in [2.05, 4.69) is 9.71 Å². The number of imidazole rings is 1. The Hall–Kier alpha value is -1.20. The van der Waals surface area contributed by atoms with Crippen molar-refractivity contribution in [1.29, 1.82) is 0 Å². The van der Waals surface area contributed by atoms with E-state index in [1.807, 2.05) is 0 Å². The molecule has 110 valence electrons. The van der Waals surface area contributed by atoms with E-state index >= 15 is 0 Å². The predicted octanol–water partition coefficient (Wildman–Crippen LogP) is -0.328. The molecule has 0 bridgehead atoms. The summed E-state index contributed by atoms with van der Waals surface area (Å²) >= 11 is 1.32. The molecule has 8 nitrogen and oxygen atoms in total. The summed E-state index contributed by atoms with van der Waals surface area (Å²) in [4.78, 5) is 4.56. The Morgan fingerprint density at radius 2 is 2.40 bits per heavy atom. The monoisotopic (exact) mass is 318 g/mol. The van der Waals surface area contributed by atoms with Crippen LogP contribution in [-0.4, -0.2) is 50.3 Å². The van der Waals surface area contributed by atoms with Crippen LogP contribution in [-0.2, 0) is 19.5 Å². The SMILES string of the molecule is Nc1nc2sccn2c1S(=O)(=O)NCC1COCCO1. The number of hydrogen-bond acceptors (Lipinski definition) is 7. The number of nitrogen functional groups attached to an aromatic ring is 1. The molecule has 1 fully saturated rings. The number of nitrogens with one attached hydrogen (secondary N) is 1. The Kier molecular flexibility index (Phi) is 3.65. The lowest BCUT2D eigenvalue weighted by Crippen LogP contribution is -2.40. The van der Waals surface area contributed by atoms with Crippen molar-refractivity contribution in [3.8, 4) is 0 Å². The fraction of sp³-hybridized carbons (Fsp3) is 0.500. The summed E-state index contributed by atoms with van der Waals surface area (Å²) in [5.74, 6) is -0.00911. The number of hydrogen-bond donors (Lipinski definition) is 2. The Morgan fingerprint density at radius 3 is 3.15 bits per heavy atom. The fourth-order valence-electron chi connectivity index (χ4n) is 1.97. The molecule has 1 atom stereocenters. The summed E-state index contributed by atoms with van der Waals surface area (Å²) in [7, 11) is -3.75. The second-order valence-corrected chi connectivity index (χ2v) is 6.83. The van der Waals surface area contributed by atoms with E-state index in [4.69, 9.17) is 15.2 Å². The number of fused-ring (bicyclic) bond motifs is 1. The van der Waals surface area contributed by atoms with Crippen molar-refractivity contribution in [1.82, 2.24) is 14.1 Å². The number of anilines is 1. The summed E-state index contributed by atoms with van der Waals surface area (Å²) in [6.07, 6.45) is 1.34. The van der Waals surface area contributed by atoms with Crippen LogP contribution in [0.1, 0.15) is 0 Å². The van der Waals surface area contributed by atoms with Crippen molar-refractivity contribution < 1.29 is 17.9 Å². The molecule has 3 rings (SSSR count). The molecule has 10 heteroatoms. The van der Waals surface area contributed by atoms with Gasteiger partial charge in [-0.2, -0.15) is 0 Å². The maximum atomic E-state index is 12.3. The number of aromatic nitrogens is 2. The van der Waals surface area contributed by atoms with Crippen LogP contribution in [0.4, 0.5) is 5.82 Å². The van der Waals surface area contributed by atoms with Gasteiger partial charge in [-0.1, -0.05) is 0 Å². The third-order valence-corrected chi connectivity index (χ3v) is 5.10. The van der Waals surface area contributed by atoms with Crippen LogP contribution >= 0.6 is 11.3 Å². The van der Waals surface area contributed by atoms with Crippen LogP contribution in [0.2, 0.25) is 0 Å². The zero-order chi connectivity index (χ0) is 14.2. The summed E-state index contributed by atoms with van der Waals surface area (Å²) in [5, 5.41) is 1.71. The highest BCUT2D eigenvalue weighted by molar-refractivity contribution is 7.89. The first-order valence-electron chi connectivity index (χ1n) is 5.98. The molecule has 0 spiro atoms. The molecule has 1 aliphatic heterocycles. The predicted molar refractivity (Wildman–Crippen MR) is 73.2 cm³/mol. The molecule has 0 aliphatic carbocycles. The van der Waals surface area contributed by atoms with Crippen molar-refractivity contribution in [2.24, 2.45) is 0 Å². The normalized spacial score (nSPS) is 20.5. The minimum atomic E-state index is -3.75. The van der Waals surface area contributed by atoms with Crippen LogP contribution in [0.5, 0.6) is 0 Å². The molecular weight excluding hydrogens is 304 g/mol. The summed E-state index contributed by atoms with van der Waals surface area (Å²) in [6, 6.07) is 0. The second-order valence-electron chi connectivity index (χ2n) is 4.28. The topological polar surface area (TPSA) is 108 Å². The molecule has 1 unspecified atom stereocenters. The highest BCUT2D eigenvalue weighted by atomic mass is 32.2. The van der Waals surface area contributed by atoms with Crippen molar-refractivity contribution in [3.05, 3.63) is 11.6 Å². The van der Waals surface area contributed by atoms with Gasteiger partial charge in [-0.15, -0.1) is 11.3 Å². The Labute approximate surface area is 119 Å². The van der Waals surface area contributed by atoms with Gasteiger partial charge in [0.2, 0.25) is 0 Å². The smallest absolute Gasteiger partial charge is 0.260 e. The lowest BCUT2D eigenvalue weighted by molar-refractivity contribution is -0.0847. The van der Waals surface area contributed by atoms with Crippen LogP contribution in [0.3, 0.4) is 0 Å². The van der Waals surface area contributed by atoms with Crippen LogP contribution in [0.25, 0.3) is 4.96 Å². The molecule has 0 radical (unpaired) electrons. The highest BCUT2D eigenvalue weighted by Crippen LogP contribution is 2.23. The average Bonchev–Trinajstić information content (AvgIpc) is 2.97. The fourth-order valence-corrected chi connectivity index (χ4v) is 4.02. The van der Waals surface area contributed by atoms with Crippen LogP contribution in [0.15, 0.2) is 16.6 Å². The average molecular weight is 318 g/mol. The molecule has 1 saturated heterocycles. The summed E-state index contributed by atoms with van der Waals surface area (Å²) in [5.41, 5.74) is 5.69. The van der Waals surface area contributed by atoms with Crippen molar-refractivity contribution in [3.63, 3.8) is 0 Å². The van der Waals surface area contributed by atoms with E-state index < -0.39 is 10.0 Å². The van der Waals surface area contributed by atoms with Gasteiger partial charge < -0.3 is 15.2 Å². The Balaban J connectivity index is 1.80. The maximum Gasteiger partial charge on any atom is 0.260 e. The van der Waals surface area contributed by atoms with Gasteiger partial charge in [0.05, 0.1) is 25.9 Å². The first-order chi connectivity index (χ1) is 9.58. The van der Waals surface area contributed by atoms with E-state index in [0.29, 0.717) is 24.8 Å². The molecule has 0 aromatic carbocycles. The first-order valence-corrected chi connectivity index (χ1v) is 8.34. The number of thiazole rings is 1. The largest absolute Gasteiger partial charge is 0.381 e. The van der Waals surface area contributed by atoms with Crippen molar-refractivity contribution >= 4 is 32.1 Å². The molecule has 0 saturated carbocycles. The minimum Gasteiger partial charge on any atom is -0.381 e. The number of sulfonamides is 1. The molecule has 3 N–H and O–H groups in total. The second kappa shape index (κ2) is 5.30. The zero-order valence-corrected chi connectivity index (χ0v) is 12.1. The van der Waals surface area contributed by atoms with E-state index in [1.165, 1.54) is 15.7 Å². The van der Waals surface area contributed by atoms with Crippen LogP contribution < -0.4 is 10.5 Å². The quantitative estimate of drug-likeness (QED) is 0.799. The maximum absolute atomic E-state index is 12.3. The van der Waals surface area contributed by atoms with Gasteiger partial charge in [0.1, 0.15) is 0 Å². The molecule has 0 amide bonds. The van der Waals surface area contributed by atoms with E-state index in [-0.39, 0.29) is 23.5 Å². The first kappa shape index (κ1) is 13.8. The third-order valence-electron chi connectivity index (χ3n) is 2.88. The minimum absolute atomic E-state index is 0.00911. The molecule has 3 heterocycles. The molecule has 20 heavy (non-hydrogen) atoms. The summed E-state index contributed by atoms with van der Waals surface area (Å²) < 4.78 is 39.2. The van der Waals surface area contributed by atoms with Crippen LogP contribution in [0, 0.1) is 0 Å². The van der Waals surface area contributed by atoms with Gasteiger partial charge in [-0.25, -0.2) is 18.1 Å². The molecule has 2 aromatic heterocycles. The molecule has 2 aromatic rings. The van der Waals surface area contributed by atoms with E-state index in [1.54, 1.807) is 11.6 Å². The Bertz CT molecular complexity index is 702. The van der Waals surface area contributed by atoms with E-state index in [0.717, 1.165) is 0 Å². The van der Waals surface area contributed by atoms with E-state index in [9.17, 15) is 8.42 Å². The number of rotatable bonds is 4.